The van der Waals surface area contributed by atoms with E-state index in [2.05, 4.69) is 0 Å². The first-order chi connectivity index (χ1) is 9.01. The first-order valence-corrected chi connectivity index (χ1v) is 7.09. The minimum absolute atomic E-state index is 0.161. The van der Waals surface area contributed by atoms with Crippen molar-refractivity contribution in [1.82, 2.24) is 5.32 Å². The van der Waals surface area contributed by atoms with Crippen molar-refractivity contribution in [3.8, 4) is 0 Å². The first-order valence-electron chi connectivity index (χ1n) is 5.43. The summed E-state index contributed by atoms with van der Waals surface area (Å²) in [6, 6.07) is 3.83. The second-order valence-electron chi connectivity index (χ2n) is 4.17. The predicted octanol–water partition coefficient (Wildman–Crippen LogP) is 1.03. The fourth-order valence-corrected chi connectivity index (χ4v) is 2.59. The summed E-state index contributed by atoms with van der Waals surface area (Å²) < 4.78 is 59.4. The molecule has 0 heterocycles. The lowest BCUT2D eigenvalue weighted by Gasteiger charge is -2.09. The number of nitrogen functional groups attached to an aromatic ring is 1. The van der Waals surface area contributed by atoms with Crippen molar-refractivity contribution in [2.75, 3.05) is 18.0 Å². The highest BCUT2D eigenvalue weighted by Gasteiger charge is 2.29. The molecule has 0 spiro atoms. The zero-order chi connectivity index (χ0) is 15.6. The highest BCUT2D eigenvalue weighted by Crippen LogP contribution is 2.18. The maximum atomic E-state index is 11.9. The minimum atomic E-state index is -4.59. The standard InChI is InChI=1S/C11H13F3N2O3S/c1-7-4-8(2-3-9(7)15)20(18,19)5-10(17)16-6-11(12,13)14/h2-4H,5-6,15H2,1H3,(H,16,17). The summed E-state index contributed by atoms with van der Waals surface area (Å²) in [5, 5.41) is 1.51. The molecule has 112 valence electrons. The Morgan fingerprint density at radius 1 is 1.35 bits per heavy atom. The normalized spacial score (nSPS) is 12.2. The Labute approximate surface area is 113 Å². The van der Waals surface area contributed by atoms with E-state index in [-0.39, 0.29) is 4.90 Å². The van der Waals surface area contributed by atoms with Crippen LogP contribution >= 0.6 is 0 Å². The predicted molar refractivity (Wildman–Crippen MR) is 66.7 cm³/mol. The largest absolute Gasteiger partial charge is 0.405 e. The van der Waals surface area contributed by atoms with Gasteiger partial charge in [0.15, 0.2) is 9.84 Å². The van der Waals surface area contributed by atoms with Crippen LogP contribution in [-0.4, -0.2) is 32.8 Å². The molecule has 0 aliphatic carbocycles. The molecule has 0 atom stereocenters. The Bertz CT molecular complexity index is 612. The molecule has 0 saturated heterocycles. The van der Waals surface area contributed by atoms with Gasteiger partial charge in [-0.3, -0.25) is 4.79 Å². The molecule has 0 aliphatic heterocycles. The highest BCUT2D eigenvalue weighted by atomic mass is 32.2. The van der Waals surface area contributed by atoms with Gasteiger partial charge in [0.25, 0.3) is 0 Å². The quantitative estimate of drug-likeness (QED) is 0.813. The number of hydrogen-bond acceptors (Lipinski definition) is 4. The maximum Gasteiger partial charge on any atom is 0.405 e. The van der Waals surface area contributed by atoms with Gasteiger partial charge in [-0.05, 0) is 30.7 Å². The molecule has 1 rings (SSSR count). The molecular formula is C11H13F3N2O3S. The average Bonchev–Trinajstić information content (AvgIpc) is 2.28. The SMILES string of the molecule is Cc1cc(S(=O)(=O)CC(=O)NCC(F)(F)F)ccc1N. The zero-order valence-corrected chi connectivity index (χ0v) is 11.3. The van der Waals surface area contributed by atoms with Crippen LogP contribution in [0.5, 0.6) is 0 Å². The topological polar surface area (TPSA) is 89.3 Å². The fourth-order valence-electron chi connectivity index (χ4n) is 1.35. The number of hydrogen-bond donors (Lipinski definition) is 2. The van der Waals surface area contributed by atoms with Crippen molar-refractivity contribution in [2.45, 2.75) is 18.0 Å². The van der Waals surface area contributed by atoms with Gasteiger partial charge in [-0.2, -0.15) is 13.2 Å². The van der Waals surface area contributed by atoms with Crippen LogP contribution in [0.25, 0.3) is 0 Å². The molecule has 3 N–H and O–H groups in total. The Balaban J connectivity index is 2.79. The molecule has 0 bridgehead atoms. The van der Waals surface area contributed by atoms with Crippen molar-refractivity contribution >= 4 is 21.4 Å². The molecule has 1 amide bonds. The van der Waals surface area contributed by atoms with E-state index in [4.69, 9.17) is 5.73 Å². The van der Waals surface area contributed by atoms with Gasteiger partial charge in [0.05, 0.1) is 4.90 Å². The molecule has 0 aromatic heterocycles. The number of carbonyl (C=O) groups is 1. The maximum absolute atomic E-state index is 11.9. The molecular weight excluding hydrogens is 297 g/mol. The molecule has 20 heavy (non-hydrogen) atoms. The summed E-state index contributed by atoms with van der Waals surface area (Å²) >= 11 is 0. The van der Waals surface area contributed by atoms with E-state index in [1.54, 1.807) is 6.92 Å². The molecule has 9 heteroatoms. The van der Waals surface area contributed by atoms with E-state index in [1.807, 2.05) is 0 Å². The van der Waals surface area contributed by atoms with Crippen LogP contribution in [0.3, 0.4) is 0 Å². The van der Waals surface area contributed by atoms with Crippen molar-refractivity contribution in [3.63, 3.8) is 0 Å². The second-order valence-corrected chi connectivity index (χ2v) is 6.16. The van der Waals surface area contributed by atoms with Gasteiger partial charge in [-0.1, -0.05) is 0 Å². The first kappa shape index (κ1) is 16.3. The van der Waals surface area contributed by atoms with Gasteiger partial charge < -0.3 is 11.1 Å². The summed E-state index contributed by atoms with van der Waals surface area (Å²) in [4.78, 5) is 11.1. The van der Waals surface area contributed by atoms with Crippen LogP contribution in [-0.2, 0) is 14.6 Å². The van der Waals surface area contributed by atoms with Crippen LogP contribution in [0.1, 0.15) is 5.56 Å². The smallest absolute Gasteiger partial charge is 0.399 e. The number of amides is 1. The van der Waals surface area contributed by atoms with E-state index in [9.17, 15) is 26.4 Å². The molecule has 1 aromatic carbocycles. The number of benzene rings is 1. The Hall–Kier alpha value is -1.77. The monoisotopic (exact) mass is 310 g/mol. The molecule has 5 nitrogen and oxygen atoms in total. The van der Waals surface area contributed by atoms with Crippen LogP contribution in [0.2, 0.25) is 0 Å². The summed E-state index contributed by atoms with van der Waals surface area (Å²) in [6.07, 6.45) is -4.59. The molecule has 0 fully saturated rings. The zero-order valence-electron chi connectivity index (χ0n) is 10.5. The highest BCUT2D eigenvalue weighted by molar-refractivity contribution is 7.92. The van der Waals surface area contributed by atoms with Gasteiger partial charge in [0, 0.05) is 5.69 Å². The van der Waals surface area contributed by atoms with E-state index in [0.717, 1.165) is 0 Å². The lowest BCUT2D eigenvalue weighted by atomic mass is 10.2. The lowest BCUT2D eigenvalue weighted by molar-refractivity contribution is -0.137. The number of aryl methyl sites for hydroxylation is 1. The number of nitrogens with two attached hydrogens (primary N) is 1. The van der Waals surface area contributed by atoms with Crippen LogP contribution in [0.4, 0.5) is 18.9 Å². The Morgan fingerprint density at radius 3 is 2.45 bits per heavy atom. The Morgan fingerprint density at radius 2 is 1.95 bits per heavy atom. The average molecular weight is 310 g/mol. The third-order valence-electron chi connectivity index (χ3n) is 2.41. The van der Waals surface area contributed by atoms with Crippen LogP contribution in [0, 0.1) is 6.92 Å². The van der Waals surface area contributed by atoms with Crippen LogP contribution < -0.4 is 11.1 Å². The third-order valence-corrected chi connectivity index (χ3v) is 4.02. The second kappa shape index (κ2) is 5.70. The molecule has 1 aromatic rings. The molecule has 0 aliphatic rings. The van der Waals surface area contributed by atoms with Crippen molar-refractivity contribution in [2.24, 2.45) is 0 Å². The molecule has 0 saturated carbocycles. The van der Waals surface area contributed by atoms with E-state index in [0.29, 0.717) is 11.3 Å². The van der Waals surface area contributed by atoms with Gasteiger partial charge in [0.1, 0.15) is 12.3 Å². The summed E-state index contributed by atoms with van der Waals surface area (Å²) in [5.41, 5.74) is 6.41. The van der Waals surface area contributed by atoms with Crippen molar-refractivity contribution in [3.05, 3.63) is 23.8 Å². The Kier molecular flexibility index (Phi) is 4.64. The van der Waals surface area contributed by atoms with Crippen LogP contribution in [0.15, 0.2) is 23.1 Å². The number of alkyl halides is 3. The number of halogens is 3. The summed E-state index contributed by atoms with van der Waals surface area (Å²) in [6.45, 7) is 0.0141. The number of carbonyl (C=O) groups excluding carboxylic acids is 1. The number of nitrogens with one attached hydrogen (secondary N) is 1. The number of anilines is 1. The number of sulfone groups is 1. The summed E-state index contributed by atoms with van der Waals surface area (Å²) in [5.74, 6) is -2.26. The minimum Gasteiger partial charge on any atom is -0.399 e. The third kappa shape index (κ3) is 4.72. The lowest BCUT2D eigenvalue weighted by Crippen LogP contribution is -2.37. The molecule has 0 radical (unpaired) electrons. The van der Waals surface area contributed by atoms with Crippen molar-refractivity contribution < 1.29 is 26.4 Å². The summed E-state index contributed by atoms with van der Waals surface area (Å²) in [7, 11) is -4.00. The van der Waals surface area contributed by atoms with E-state index >= 15 is 0 Å². The van der Waals surface area contributed by atoms with Gasteiger partial charge in [-0.25, -0.2) is 8.42 Å². The van der Waals surface area contributed by atoms with E-state index < -0.39 is 34.2 Å². The van der Waals surface area contributed by atoms with E-state index in [1.165, 1.54) is 23.5 Å². The van der Waals surface area contributed by atoms with Crippen molar-refractivity contribution in [1.29, 1.82) is 0 Å². The van der Waals surface area contributed by atoms with Gasteiger partial charge in [0.2, 0.25) is 5.91 Å². The van der Waals surface area contributed by atoms with Gasteiger partial charge >= 0.3 is 6.18 Å². The fraction of sp³-hybridized carbons (Fsp3) is 0.364. The van der Waals surface area contributed by atoms with Gasteiger partial charge in [-0.15, -0.1) is 0 Å². The number of rotatable bonds is 4. The molecule has 0 unspecified atom stereocenters.